The molecule has 2 rings (SSSR count). The van der Waals surface area contributed by atoms with Crippen LogP contribution in [0.4, 0.5) is 5.69 Å². The Balaban J connectivity index is 2.07. The summed E-state index contributed by atoms with van der Waals surface area (Å²) in [6.45, 7) is 3.34. The molecule has 0 radical (unpaired) electrons. The highest BCUT2D eigenvalue weighted by Crippen LogP contribution is 2.15. The van der Waals surface area contributed by atoms with Gasteiger partial charge in [0.25, 0.3) is 5.91 Å². The van der Waals surface area contributed by atoms with Crippen LogP contribution in [0.2, 0.25) is 0 Å². The molecule has 118 valence electrons. The number of benzene rings is 1. The van der Waals surface area contributed by atoms with E-state index < -0.39 is 0 Å². The van der Waals surface area contributed by atoms with E-state index in [-0.39, 0.29) is 11.5 Å². The molecule has 1 amide bonds. The van der Waals surface area contributed by atoms with E-state index in [0.717, 1.165) is 26.2 Å². The SMILES string of the molecule is CN1CCN(NC(=O)c2ccccc2NC=C(C#N)C#N)CC1. The zero-order valence-corrected chi connectivity index (χ0v) is 12.9. The van der Waals surface area contributed by atoms with Crippen LogP contribution in [0.15, 0.2) is 36.0 Å². The third-order valence-corrected chi connectivity index (χ3v) is 3.55. The van der Waals surface area contributed by atoms with Gasteiger partial charge in [-0.2, -0.15) is 10.5 Å². The first-order valence-corrected chi connectivity index (χ1v) is 7.24. The number of nitrogens with zero attached hydrogens (tertiary/aromatic N) is 4. The maximum Gasteiger partial charge on any atom is 0.267 e. The quantitative estimate of drug-likeness (QED) is 0.803. The number of rotatable bonds is 4. The monoisotopic (exact) mass is 310 g/mol. The second-order valence-electron chi connectivity index (χ2n) is 5.20. The maximum absolute atomic E-state index is 12.4. The molecule has 7 nitrogen and oxygen atoms in total. The zero-order chi connectivity index (χ0) is 16.7. The Labute approximate surface area is 135 Å². The van der Waals surface area contributed by atoms with Crippen molar-refractivity contribution in [2.45, 2.75) is 0 Å². The summed E-state index contributed by atoms with van der Waals surface area (Å²) >= 11 is 0. The summed E-state index contributed by atoms with van der Waals surface area (Å²) in [5.41, 5.74) is 3.83. The van der Waals surface area contributed by atoms with Crippen molar-refractivity contribution in [2.24, 2.45) is 0 Å². The number of amides is 1. The Morgan fingerprint density at radius 2 is 1.83 bits per heavy atom. The number of nitrogens with one attached hydrogen (secondary N) is 2. The van der Waals surface area contributed by atoms with Gasteiger partial charge in [0.1, 0.15) is 17.7 Å². The molecular formula is C16H18N6O. The molecule has 1 aliphatic rings. The first-order chi connectivity index (χ1) is 11.1. The van der Waals surface area contributed by atoms with Gasteiger partial charge in [-0.1, -0.05) is 12.1 Å². The van der Waals surface area contributed by atoms with E-state index in [1.54, 1.807) is 36.4 Å². The van der Waals surface area contributed by atoms with E-state index in [2.05, 4.69) is 15.6 Å². The molecule has 0 aliphatic carbocycles. The van der Waals surface area contributed by atoms with Crippen LogP contribution in [0.3, 0.4) is 0 Å². The lowest BCUT2D eigenvalue weighted by Gasteiger charge is -2.32. The lowest BCUT2D eigenvalue weighted by Crippen LogP contribution is -2.52. The molecule has 23 heavy (non-hydrogen) atoms. The third kappa shape index (κ3) is 4.55. The highest BCUT2D eigenvalue weighted by Gasteiger charge is 2.18. The summed E-state index contributed by atoms with van der Waals surface area (Å²) in [5, 5.41) is 22.2. The average molecular weight is 310 g/mol. The largest absolute Gasteiger partial charge is 0.359 e. The van der Waals surface area contributed by atoms with Gasteiger partial charge >= 0.3 is 0 Å². The number of anilines is 1. The standard InChI is InChI=1S/C16H18N6O/c1-21-6-8-22(9-7-21)20-16(23)14-4-2-3-5-15(14)19-12-13(10-17)11-18/h2-5,12,19H,6-9H2,1H3,(H,20,23). The number of para-hydroxylation sites is 1. The summed E-state index contributed by atoms with van der Waals surface area (Å²) in [7, 11) is 2.05. The molecule has 0 bridgehead atoms. The van der Waals surface area contributed by atoms with Crippen molar-refractivity contribution in [3.05, 3.63) is 41.6 Å². The van der Waals surface area contributed by atoms with E-state index >= 15 is 0 Å². The predicted molar refractivity (Wildman–Crippen MR) is 85.9 cm³/mol. The Kier molecular flexibility index (Phi) is 5.70. The second kappa shape index (κ2) is 7.95. The van der Waals surface area contributed by atoms with Crippen LogP contribution in [-0.2, 0) is 0 Å². The Hall–Kier alpha value is -2.87. The van der Waals surface area contributed by atoms with Crippen LogP contribution in [0.1, 0.15) is 10.4 Å². The number of hydrogen-bond donors (Lipinski definition) is 2. The lowest BCUT2D eigenvalue weighted by molar-refractivity contribution is 0.0663. The summed E-state index contributed by atoms with van der Waals surface area (Å²) in [6.07, 6.45) is 1.29. The van der Waals surface area contributed by atoms with Gasteiger partial charge in [0, 0.05) is 32.4 Å². The molecule has 1 aromatic rings. The summed E-state index contributed by atoms with van der Waals surface area (Å²) in [6, 6.07) is 10.5. The molecule has 0 saturated carbocycles. The molecule has 0 aromatic heterocycles. The van der Waals surface area contributed by atoms with Crippen molar-refractivity contribution in [2.75, 3.05) is 38.5 Å². The average Bonchev–Trinajstić information content (AvgIpc) is 2.58. The minimum Gasteiger partial charge on any atom is -0.359 e. The normalized spacial score (nSPS) is 15.1. The van der Waals surface area contributed by atoms with Crippen molar-refractivity contribution in [3.63, 3.8) is 0 Å². The van der Waals surface area contributed by atoms with Crippen LogP contribution >= 0.6 is 0 Å². The van der Waals surface area contributed by atoms with Crippen LogP contribution in [0.25, 0.3) is 0 Å². The van der Waals surface area contributed by atoms with Crippen molar-refractivity contribution >= 4 is 11.6 Å². The van der Waals surface area contributed by atoms with Crippen molar-refractivity contribution in [3.8, 4) is 12.1 Å². The molecule has 1 saturated heterocycles. The van der Waals surface area contributed by atoms with E-state index in [1.807, 2.05) is 12.1 Å². The number of carbonyl (C=O) groups excluding carboxylic acids is 1. The Bertz CT molecular complexity index is 661. The molecule has 0 unspecified atom stereocenters. The molecule has 1 aromatic carbocycles. The van der Waals surface area contributed by atoms with Gasteiger partial charge in [0.05, 0.1) is 11.3 Å². The van der Waals surface area contributed by atoms with Crippen LogP contribution < -0.4 is 10.7 Å². The van der Waals surface area contributed by atoms with Gasteiger partial charge in [-0.05, 0) is 19.2 Å². The molecule has 0 spiro atoms. The highest BCUT2D eigenvalue weighted by atomic mass is 16.2. The fraction of sp³-hybridized carbons (Fsp3) is 0.312. The van der Waals surface area contributed by atoms with E-state index in [4.69, 9.17) is 10.5 Å². The first-order valence-electron chi connectivity index (χ1n) is 7.24. The number of carbonyl (C=O) groups is 1. The minimum absolute atomic E-state index is 0.0562. The van der Waals surface area contributed by atoms with E-state index in [9.17, 15) is 4.79 Å². The fourth-order valence-corrected chi connectivity index (χ4v) is 2.17. The summed E-state index contributed by atoms with van der Waals surface area (Å²) in [5.74, 6) is -0.221. The number of hydrazine groups is 1. The second-order valence-corrected chi connectivity index (χ2v) is 5.20. The van der Waals surface area contributed by atoms with E-state index in [1.165, 1.54) is 6.20 Å². The Morgan fingerprint density at radius 3 is 2.48 bits per heavy atom. The van der Waals surface area contributed by atoms with Gasteiger partial charge in [-0.3, -0.25) is 10.2 Å². The molecular weight excluding hydrogens is 292 g/mol. The Morgan fingerprint density at radius 1 is 1.17 bits per heavy atom. The number of allylic oxidation sites excluding steroid dienone is 1. The molecule has 1 fully saturated rings. The number of hydrogen-bond acceptors (Lipinski definition) is 6. The maximum atomic E-state index is 12.4. The van der Waals surface area contributed by atoms with E-state index in [0.29, 0.717) is 11.3 Å². The topological polar surface area (TPSA) is 95.2 Å². The van der Waals surface area contributed by atoms with Gasteiger partial charge in [-0.25, -0.2) is 5.01 Å². The number of nitriles is 2. The molecule has 7 heteroatoms. The smallest absolute Gasteiger partial charge is 0.267 e. The molecule has 2 N–H and O–H groups in total. The minimum atomic E-state index is -0.221. The molecule has 1 heterocycles. The third-order valence-electron chi connectivity index (χ3n) is 3.55. The van der Waals surface area contributed by atoms with Crippen molar-refractivity contribution in [1.29, 1.82) is 10.5 Å². The summed E-state index contributed by atoms with van der Waals surface area (Å²) < 4.78 is 0. The summed E-state index contributed by atoms with van der Waals surface area (Å²) in [4.78, 5) is 14.6. The number of piperazine rings is 1. The fourth-order valence-electron chi connectivity index (χ4n) is 2.17. The van der Waals surface area contributed by atoms with Gasteiger partial charge in [0.2, 0.25) is 0 Å². The van der Waals surface area contributed by atoms with Crippen LogP contribution in [0, 0.1) is 22.7 Å². The van der Waals surface area contributed by atoms with Gasteiger partial charge in [-0.15, -0.1) is 0 Å². The number of likely N-dealkylation sites (N-methyl/N-ethyl adjacent to an activating group) is 1. The van der Waals surface area contributed by atoms with Gasteiger partial charge in [0.15, 0.2) is 0 Å². The highest BCUT2D eigenvalue weighted by molar-refractivity contribution is 5.99. The van der Waals surface area contributed by atoms with Crippen LogP contribution in [0.5, 0.6) is 0 Å². The lowest BCUT2D eigenvalue weighted by atomic mass is 10.1. The van der Waals surface area contributed by atoms with Crippen molar-refractivity contribution < 1.29 is 4.79 Å². The molecule has 1 aliphatic heterocycles. The first kappa shape index (κ1) is 16.5. The van der Waals surface area contributed by atoms with Crippen molar-refractivity contribution in [1.82, 2.24) is 15.3 Å². The predicted octanol–water partition coefficient (Wildman–Crippen LogP) is 0.922. The van der Waals surface area contributed by atoms with Crippen LogP contribution in [-0.4, -0.2) is 49.0 Å². The van der Waals surface area contributed by atoms with Gasteiger partial charge < -0.3 is 10.2 Å². The molecule has 0 atom stereocenters. The zero-order valence-electron chi connectivity index (χ0n) is 12.9.